The number of aromatic carboxylic acids is 1. The number of carboxylic acids is 1. The van der Waals surface area contributed by atoms with Crippen LogP contribution in [0.2, 0.25) is 6.32 Å². The van der Waals surface area contributed by atoms with Crippen molar-refractivity contribution in [3.63, 3.8) is 0 Å². The van der Waals surface area contributed by atoms with Crippen molar-refractivity contribution >= 4 is 30.3 Å². The van der Waals surface area contributed by atoms with Crippen LogP contribution in [0.3, 0.4) is 0 Å². The van der Waals surface area contributed by atoms with E-state index in [9.17, 15) is 19.7 Å². The zero-order valence-electron chi connectivity index (χ0n) is 12.1. The first kappa shape index (κ1) is 15.6. The fourth-order valence-corrected chi connectivity index (χ4v) is 3.30. The Morgan fingerprint density at radius 1 is 1.35 bits per heavy atom. The topological polar surface area (TPSA) is 95.9 Å². The lowest BCUT2D eigenvalue weighted by atomic mass is 9.75. The largest absolute Gasteiger partial charge is 0.535 e. The smallest absolute Gasteiger partial charge is 0.525 e. The first-order chi connectivity index (χ1) is 11.0. The first-order valence-corrected chi connectivity index (χ1v) is 7.95. The Labute approximate surface area is 136 Å². The third-order valence-electron chi connectivity index (χ3n) is 3.59. The van der Waals surface area contributed by atoms with E-state index >= 15 is 0 Å². The van der Waals surface area contributed by atoms with Gasteiger partial charge in [0.2, 0.25) is 5.91 Å². The van der Waals surface area contributed by atoms with Crippen molar-refractivity contribution in [3.8, 4) is 5.75 Å². The molecule has 0 saturated heterocycles. The maximum atomic E-state index is 12.2. The fourth-order valence-electron chi connectivity index (χ4n) is 2.60. The summed E-state index contributed by atoms with van der Waals surface area (Å²) in [5, 5.41) is 23.8. The summed E-state index contributed by atoms with van der Waals surface area (Å²) in [5.41, 5.74) is 0.536. The predicted octanol–water partition coefficient (Wildman–Crippen LogP) is 1.72. The van der Waals surface area contributed by atoms with Crippen LogP contribution in [0.15, 0.2) is 35.7 Å². The number of carbonyl (C=O) groups excluding carboxylic acids is 1. The number of amides is 1. The third-order valence-corrected chi connectivity index (χ3v) is 4.47. The zero-order valence-corrected chi connectivity index (χ0v) is 12.9. The quantitative estimate of drug-likeness (QED) is 0.742. The molecule has 3 rings (SSSR count). The molecule has 3 N–H and O–H groups in total. The minimum atomic E-state index is -1.16. The molecule has 0 fully saturated rings. The number of para-hydroxylation sites is 1. The maximum Gasteiger partial charge on any atom is 0.525 e. The van der Waals surface area contributed by atoms with Crippen LogP contribution in [0.4, 0.5) is 0 Å². The molecule has 8 heteroatoms. The molecule has 1 aromatic heterocycles. The van der Waals surface area contributed by atoms with Gasteiger partial charge in [-0.2, -0.15) is 0 Å². The summed E-state index contributed by atoms with van der Waals surface area (Å²) in [6.07, 6.45) is 0.422. The summed E-state index contributed by atoms with van der Waals surface area (Å²) >= 11 is 1.49. The van der Waals surface area contributed by atoms with E-state index in [1.807, 2.05) is 17.5 Å². The number of carbonyl (C=O) groups is 2. The van der Waals surface area contributed by atoms with Crippen LogP contribution in [-0.2, 0) is 11.2 Å². The maximum absolute atomic E-state index is 12.2. The molecular weight excluding hydrogens is 317 g/mol. The Kier molecular flexibility index (Phi) is 4.36. The fraction of sp³-hybridized carbons (Fsp3) is 0.200. The molecule has 0 aliphatic carbocycles. The summed E-state index contributed by atoms with van der Waals surface area (Å²) < 4.78 is 5.27. The normalized spacial score (nSPS) is 16.4. The molecule has 23 heavy (non-hydrogen) atoms. The van der Waals surface area contributed by atoms with Crippen molar-refractivity contribution in [1.29, 1.82) is 0 Å². The van der Waals surface area contributed by atoms with Gasteiger partial charge in [0.15, 0.2) is 0 Å². The molecule has 0 saturated carbocycles. The van der Waals surface area contributed by atoms with Crippen molar-refractivity contribution < 1.29 is 24.4 Å². The van der Waals surface area contributed by atoms with E-state index in [1.54, 1.807) is 12.1 Å². The van der Waals surface area contributed by atoms with Gasteiger partial charge in [-0.25, -0.2) is 4.79 Å². The molecule has 2 heterocycles. The van der Waals surface area contributed by atoms with E-state index in [2.05, 4.69) is 5.32 Å². The Bertz CT molecular complexity index is 733. The number of carboxylic acid groups (broad SMARTS) is 1. The van der Waals surface area contributed by atoms with Crippen molar-refractivity contribution in [2.24, 2.45) is 0 Å². The molecule has 1 aliphatic rings. The first-order valence-electron chi connectivity index (χ1n) is 7.07. The van der Waals surface area contributed by atoms with Crippen molar-refractivity contribution in [2.45, 2.75) is 18.8 Å². The van der Waals surface area contributed by atoms with E-state index in [0.29, 0.717) is 5.56 Å². The number of hydrogen-bond acceptors (Lipinski definition) is 5. The molecule has 1 atom stereocenters. The molecule has 0 spiro atoms. The van der Waals surface area contributed by atoms with Gasteiger partial charge in [0.25, 0.3) is 0 Å². The standard InChI is InChI=1S/C15H14BNO5S/c18-13(7-9-3-2-6-23-9)17-12-8-16(21)22-14-10(12)4-1-5-11(14)15(19)20/h1-6,12,21H,7-8H2,(H,17,18)(H,19,20). The number of fused-ring (bicyclic) bond motifs is 1. The summed E-state index contributed by atoms with van der Waals surface area (Å²) in [4.78, 5) is 24.4. The van der Waals surface area contributed by atoms with Crippen molar-refractivity contribution in [1.82, 2.24) is 5.32 Å². The second-order valence-electron chi connectivity index (χ2n) is 5.21. The third kappa shape index (κ3) is 3.38. The zero-order chi connectivity index (χ0) is 16.4. The van der Waals surface area contributed by atoms with Crippen LogP contribution in [0, 0.1) is 0 Å². The Hall–Kier alpha value is -2.32. The van der Waals surface area contributed by atoms with Crippen LogP contribution in [-0.4, -0.2) is 29.1 Å². The average Bonchev–Trinajstić information content (AvgIpc) is 2.99. The van der Waals surface area contributed by atoms with Gasteiger partial charge < -0.3 is 20.1 Å². The molecule has 1 aliphatic heterocycles. The molecule has 118 valence electrons. The van der Waals surface area contributed by atoms with Gasteiger partial charge in [-0.05, 0) is 17.5 Å². The predicted molar refractivity (Wildman–Crippen MR) is 85.7 cm³/mol. The van der Waals surface area contributed by atoms with Crippen LogP contribution < -0.4 is 9.97 Å². The Morgan fingerprint density at radius 3 is 2.87 bits per heavy atom. The van der Waals surface area contributed by atoms with E-state index < -0.39 is 19.1 Å². The summed E-state index contributed by atoms with van der Waals surface area (Å²) in [7, 11) is -1.16. The minimum absolute atomic E-state index is 0.0289. The van der Waals surface area contributed by atoms with E-state index in [0.717, 1.165) is 4.88 Å². The van der Waals surface area contributed by atoms with Gasteiger partial charge in [-0.1, -0.05) is 18.2 Å². The summed E-state index contributed by atoms with van der Waals surface area (Å²) in [6.45, 7) is 0. The number of thiophene rings is 1. The summed E-state index contributed by atoms with van der Waals surface area (Å²) in [6, 6.07) is 7.97. The SMILES string of the molecule is O=C(Cc1cccs1)NC1CB(O)Oc2c(C(=O)O)cccc21. The molecule has 0 bridgehead atoms. The number of benzene rings is 1. The average molecular weight is 331 g/mol. The minimum Gasteiger partial charge on any atom is -0.535 e. The number of rotatable bonds is 4. The highest BCUT2D eigenvalue weighted by molar-refractivity contribution is 7.10. The lowest BCUT2D eigenvalue weighted by Gasteiger charge is -2.29. The lowest BCUT2D eigenvalue weighted by molar-refractivity contribution is -0.121. The van der Waals surface area contributed by atoms with E-state index in [4.69, 9.17) is 4.65 Å². The van der Waals surface area contributed by atoms with Gasteiger partial charge in [0, 0.05) is 16.8 Å². The van der Waals surface area contributed by atoms with Crippen LogP contribution >= 0.6 is 11.3 Å². The van der Waals surface area contributed by atoms with Gasteiger partial charge in [0.05, 0.1) is 12.5 Å². The monoisotopic (exact) mass is 331 g/mol. The lowest BCUT2D eigenvalue weighted by Crippen LogP contribution is -2.39. The highest BCUT2D eigenvalue weighted by Crippen LogP contribution is 2.36. The van der Waals surface area contributed by atoms with Crippen LogP contribution in [0.5, 0.6) is 5.75 Å². The summed E-state index contributed by atoms with van der Waals surface area (Å²) in [5.74, 6) is -1.21. The molecule has 6 nitrogen and oxygen atoms in total. The molecule has 0 radical (unpaired) electrons. The van der Waals surface area contributed by atoms with Gasteiger partial charge in [-0.3, -0.25) is 4.79 Å². The highest BCUT2D eigenvalue weighted by atomic mass is 32.1. The van der Waals surface area contributed by atoms with E-state index in [-0.39, 0.29) is 30.0 Å². The molecular formula is C15H14BNO5S. The van der Waals surface area contributed by atoms with Gasteiger partial charge in [-0.15, -0.1) is 11.3 Å². The molecule has 2 aromatic rings. The number of hydrogen-bond donors (Lipinski definition) is 3. The molecule has 1 amide bonds. The van der Waals surface area contributed by atoms with Crippen molar-refractivity contribution in [2.75, 3.05) is 0 Å². The van der Waals surface area contributed by atoms with Crippen LogP contribution in [0.25, 0.3) is 0 Å². The molecule has 1 aromatic carbocycles. The number of nitrogens with one attached hydrogen (secondary N) is 1. The second kappa shape index (κ2) is 6.43. The van der Waals surface area contributed by atoms with Crippen LogP contribution in [0.1, 0.15) is 26.8 Å². The van der Waals surface area contributed by atoms with Gasteiger partial charge in [0.1, 0.15) is 11.3 Å². The van der Waals surface area contributed by atoms with Gasteiger partial charge >= 0.3 is 13.1 Å². The highest BCUT2D eigenvalue weighted by Gasteiger charge is 2.34. The molecule has 1 unspecified atom stereocenters. The van der Waals surface area contributed by atoms with Crippen molar-refractivity contribution in [3.05, 3.63) is 51.7 Å². The van der Waals surface area contributed by atoms with E-state index in [1.165, 1.54) is 17.4 Å². The Morgan fingerprint density at radius 2 is 2.17 bits per heavy atom. The second-order valence-corrected chi connectivity index (χ2v) is 6.25. The Balaban J connectivity index is 1.83.